The second kappa shape index (κ2) is 8.22. The first-order valence-corrected chi connectivity index (χ1v) is 10.8. The van der Waals surface area contributed by atoms with Crippen LogP contribution in [0.4, 0.5) is 0 Å². The molecule has 0 aromatic heterocycles. The van der Waals surface area contributed by atoms with Crippen LogP contribution in [-0.4, -0.2) is 16.4 Å². The van der Waals surface area contributed by atoms with Crippen molar-refractivity contribution in [3.05, 3.63) is 60.7 Å². The molecule has 0 atom stereocenters. The summed E-state index contributed by atoms with van der Waals surface area (Å²) in [4.78, 5) is 22.7. The van der Waals surface area contributed by atoms with E-state index in [-0.39, 0.29) is 0 Å². The minimum absolute atomic E-state index is 0.340. The molecule has 0 heterocycles. The predicted molar refractivity (Wildman–Crippen MR) is 103 cm³/mol. The van der Waals surface area contributed by atoms with Crippen LogP contribution in [0.3, 0.4) is 0 Å². The van der Waals surface area contributed by atoms with E-state index in [1.165, 1.54) is 6.42 Å². The predicted octanol–water partition coefficient (Wildman–Crippen LogP) is 4.15. The normalized spacial score (nSPS) is 13.6. The summed E-state index contributed by atoms with van der Waals surface area (Å²) in [6.45, 7) is 4.78. The molecule has 0 unspecified atom stereocenters. The molecule has 2 rings (SSSR count). The van der Waals surface area contributed by atoms with E-state index < -0.39 is 7.28 Å². The quantitative estimate of drug-likeness (QED) is 0.529. The van der Waals surface area contributed by atoms with Crippen LogP contribution in [0.15, 0.2) is 60.7 Å². The molecule has 2 aromatic rings. The van der Waals surface area contributed by atoms with Gasteiger partial charge in [-0.3, -0.25) is 0 Å². The van der Waals surface area contributed by atoms with Crippen molar-refractivity contribution in [3.8, 4) is 0 Å². The van der Waals surface area contributed by atoms with Crippen LogP contribution in [0.1, 0.15) is 39.5 Å². The van der Waals surface area contributed by atoms with Crippen LogP contribution in [0.25, 0.3) is 0 Å². The van der Waals surface area contributed by atoms with E-state index in [1.807, 2.05) is 12.1 Å². The summed E-state index contributed by atoms with van der Waals surface area (Å²) in [5.74, 6) is 0.703. The zero-order valence-corrected chi connectivity index (χ0v) is 15.5. The standard InChI is InChI=1S/C20H29O3P/c1-18(2)12-6-5-11-17-23-24(21,22,19-13-7-3-8-14-19)20-15-9-4-10-16-20/h3-4,7-10,13-16,18,21-22H,5-6,11-12,17H2,1-2H3. The summed E-state index contributed by atoms with van der Waals surface area (Å²) in [6, 6.07) is 17.8. The van der Waals surface area contributed by atoms with E-state index in [9.17, 15) is 9.79 Å². The van der Waals surface area contributed by atoms with Gasteiger partial charge in [0.1, 0.15) is 0 Å². The summed E-state index contributed by atoms with van der Waals surface area (Å²) in [5, 5.41) is 0.883. The summed E-state index contributed by atoms with van der Waals surface area (Å²) >= 11 is 0. The molecule has 4 heteroatoms. The van der Waals surface area contributed by atoms with Gasteiger partial charge in [-0.05, 0) is 0 Å². The first-order chi connectivity index (χ1) is 11.4. The topological polar surface area (TPSA) is 49.7 Å². The Morgan fingerprint density at radius 1 is 0.792 bits per heavy atom. The molecule has 3 nitrogen and oxygen atoms in total. The summed E-state index contributed by atoms with van der Waals surface area (Å²) in [7, 11) is -4.58. The van der Waals surface area contributed by atoms with Crippen LogP contribution >= 0.6 is 7.28 Å². The molecule has 0 saturated heterocycles. The van der Waals surface area contributed by atoms with Gasteiger partial charge in [0.05, 0.1) is 0 Å². The molecule has 0 aliphatic heterocycles. The average molecular weight is 348 g/mol. The van der Waals surface area contributed by atoms with Crippen molar-refractivity contribution in [1.29, 1.82) is 0 Å². The molecule has 0 bridgehead atoms. The number of hydrogen-bond acceptors (Lipinski definition) is 3. The fraction of sp³-hybridized carbons (Fsp3) is 0.400. The molecule has 2 N–H and O–H groups in total. The Bertz CT molecular complexity index is 568. The molecular weight excluding hydrogens is 319 g/mol. The van der Waals surface area contributed by atoms with Crippen LogP contribution in [-0.2, 0) is 4.52 Å². The molecule has 0 radical (unpaired) electrons. The number of unbranched alkanes of at least 4 members (excludes halogenated alkanes) is 2. The van der Waals surface area contributed by atoms with Crippen molar-refractivity contribution >= 4 is 17.9 Å². The van der Waals surface area contributed by atoms with Gasteiger partial charge in [0.25, 0.3) is 0 Å². The van der Waals surface area contributed by atoms with E-state index in [0.717, 1.165) is 19.3 Å². The molecular formula is C20H29O3P. The Hall–Kier alpha value is -1.25. The third-order valence-corrected chi connectivity index (χ3v) is 7.33. The number of hydrogen-bond donors (Lipinski definition) is 2. The molecule has 0 aliphatic carbocycles. The molecule has 0 fully saturated rings. The van der Waals surface area contributed by atoms with E-state index in [2.05, 4.69) is 13.8 Å². The third-order valence-electron chi connectivity index (χ3n) is 4.20. The van der Waals surface area contributed by atoms with Crippen molar-refractivity contribution in [2.75, 3.05) is 6.61 Å². The van der Waals surface area contributed by atoms with Gasteiger partial charge in [0.2, 0.25) is 0 Å². The number of benzene rings is 2. The first-order valence-electron chi connectivity index (χ1n) is 8.70. The second-order valence-electron chi connectivity index (χ2n) is 6.69. The molecule has 0 spiro atoms. The monoisotopic (exact) mass is 348 g/mol. The minimum atomic E-state index is -4.58. The van der Waals surface area contributed by atoms with Gasteiger partial charge >= 0.3 is 145 Å². The summed E-state index contributed by atoms with van der Waals surface area (Å²) < 4.78 is 5.84. The van der Waals surface area contributed by atoms with Crippen molar-refractivity contribution < 1.29 is 14.3 Å². The van der Waals surface area contributed by atoms with Crippen LogP contribution in [0.2, 0.25) is 0 Å². The van der Waals surface area contributed by atoms with Crippen molar-refractivity contribution in [2.45, 2.75) is 39.5 Å². The van der Waals surface area contributed by atoms with E-state index in [0.29, 0.717) is 23.1 Å². The number of rotatable bonds is 9. The summed E-state index contributed by atoms with van der Waals surface area (Å²) in [5.41, 5.74) is 0. The van der Waals surface area contributed by atoms with Gasteiger partial charge in [-0.1, -0.05) is 0 Å². The van der Waals surface area contributed by atoms with E-state index in [4.69, 9.17) is 4.52 Å². The molecule has 0 saturated carbocycles. The molecule has 0 amide bonds. The van der Waals surface area contributed by atoms with E-state index in [1.54, 1.807) is 48.5 Å². The molecule has 132 valence electrons. The Balaban J connectivity index is 2.13. The van der Waals surface area contributed by atoms with Gasteiger partial charge in [0, 0.05) is 0 Å². The average Bonchev–Trinajstić information content (AvgIpc) is 2.60. The zero-order chi connectivity index (χ0) is 17.5. The van der Waals surface area contributed by atoms with Gasteiger partial charge < -0.3 is 0 Å². The SMILES string of the molecule is CC(C)CCCCCOP(O)(O)(c1ccccc1)c1ccccc1. The van der Waals surface area contributed by atoms with E-state index >= 15 is 0 Å². The van der Waals surface area contributed by atoms with Crippen LogP contribution < -0.4 is 10.6 Å². The Morgan fingerprint density at radius 3 is 1.75 bits per heavy atom. The Labute approximate surface area is 145 Å². The van der Waals surface area contributed by atoms with Gasteiger partial charge in [-0.15, -0.1) is 0 Å². The van der Waals surface area contributed by atoms with Crippen molar-refractivity contribution in [1.82, 2.24) is 0 Å². The fourth-order valence-electron chi connectivity index (χ4n) is 2.76. The second-order valence-corrected chi connectivity index (χ2v) is 9.88. The fourth-order valence-corrected chi connectivity index (χ4v) is 5.25. The third kappa shape index (κ3) is 4.64. The Morgan fingerprint density at radius 2 is 1.29 bits per heavy atom. The van der Waals surface area contributed by atoms with Gasteiger partial charge in [-0.25, -0.2) is 0 Å². The molecule has 0 aliphatic rings. The maximum atomic E-state index is 11.3. The summed E-state index contributed by atoms with van der Waals surface area (Å²) in [6.07, 6.45) is 4.20. The van der Waals surface area contributed by atoms with Gasteiger partial charge in [0.15, 0.2) is 0 Å². The zero-order valence-electron chi connectivity index (χ0n) is 14.6. The van der Waals surface area contributed by atoms with Crippen LogP contribution in [0.5, 0.6) is 0 Å². The molecule has 2 aromatic carbocycles. The van der Waals surface area contributed by atoms with Crippen molar-refractivity contribution in [3.63, 3.8) is 0 Å². The Kier molecular flexibility index (Phi) is 6.54. The van der Waals surface area contributed by atoms with Gasteiger partial charge in [-0.2, -0.15) is 0 Å². The molecule has 24 heavy (non-hydrogen) atoms. The first kappa shape index (κ1) is 19.1. The van der Waals surface area contributed by atoms with Crippen molar-refractivity contribution in [2.24, 2.45) is 5.92 Å². The maximum absolute atomic E-state index is 11.3. The van der Waals surface area contributed by atoms with Crippen LogP contribution in [0, 0.1) is 5.92 Å².